The third-order valence-electron chi connectivity index (χ3n) is 4.69. The molecule has 0 aromatic heterocycles. The fraction of sp³-hybridized carbons (Fsp3) is 0.136. The van der Waals surface area contributed by atoms with Crippen molar-refractivity contribution in [3.63, 3.8) is 0 Å². The number of rotatable bonds is 3. The molecular formula is C22H18Cl2N2. The first-order valence-corrected chi connectivity index (χ1v) is 9.31. The van der Waals surface area contributed by atoms with Crippen molar-refractivity contribution in [2.45, 2.75) is 19.4 Å². The molecule has 0 fully saturated rings. The summed E-state index contributed by atoms with van der Waals surface area (Å²) in [5, 5.41) is 8.49. The molecule has 0 saturated carbocycles. The van der Waals surface area contributed by atoms with Gasteiger partial charge >= 0.3 is 0 Å². The molecule has 1 aliphatic heterocycles. The zero-order valence-corrected chi connectivity index (χ0v) is 15.9. The lowest BCUT2D eigenvalue weighted by Gasteiger charge is -2.24. The van der Waals surface area contributed by atoms with Crippen LogP contribution in [0.2, 0.25) is 10.0 Å². The molecule has 0 amide bonds. The number of hydrogen-bond donors (Lipinski definition) is 0. The fourth-order valence-corrected chi connectivity index (χ4v) is 3.52. The molecule has 4 rings (SSSR count). The van der Waals surface area contributed by atoms with Crippen LogP contribution in [-0.2, 0) is 0 Å². The van der Waals surface area contributed by atoms with E-state index in [4.69, 9.17) is 28.3 Å². The Kier molecular flexibility index (Phi) is 4.71. The Hall–Kier alpha value is -2.29. The first-order chi connectivity index (χ1) is 12.6. The summed E-state index contributed by atoms with van der Waals surface area (Å²) in [5.41, 5.74) is 5.45. The third-order valence-corrected chi connectivity index (χ3v) is 5.35. The first-order valence-electron chi connectivity index (χ1n) is 8.55. The predicted molar refractivity (Wildman–Crippen MR) is 110 cm³/mol. The van der Waals surface area contributed by atoms with E-state index in [1.54, 1.807) is 0 Å². The zero-order chi connectivity index (χ0) is 18.1. The van der Waals surface area contributed by atoms with Gasteiger partial charge in [-0.05, 0) is 47.9 Å². The van der Waals surface area contributed by atoms with E-state index in [2.05, 4.69) is 35.3 Å². The van der Waals surface area contributed by atoms with Crippen LogP contribution in [0.1, 0.15) is 29.2 Å². The molecule has 130 valence electrons. The molecule has 1 atom stereocenters. The monoisotopic (exact) mass is 380 g/mol. The van der Waals surface area contributed by atoms with Crippen LogP contribution in [0.15, 0.2) is 77.9 Å². The number of hydrogen-bond acceptors (Lipinski definition) is 2. The minimum absolute atomic E-state index is 0.112. The Balaban J connectivity index is 1.77. The average Bonchev–Trinajstić information content (AvgIpc) is 3.11. The van der Waals surface area contributed by atoms with Gasteiger partial charge in [0.2, 0.25) is 0 Å². The van der Waals surface area contributed by atoms with Crippen molar-refractivity contribution >= 4 is 34.6 Å². The fourth-order valence-electron chi connectivity index (χ4n) is 3.22. The van der Waals surface area contributed by atoms with Gasteiger partial charge in [0, 0.05) is 16.5 Å². The first kappa shape index (κ1) is 17.1. The number of hydrazone groups is 1. The molecule has 26 heavy (non-hydrogen) atoms. The zero-order valence-electron chi connectivity index (χ0n) is 14.4. The molecule has 0 saturated heterocycles. The maximum absolute atomic E-state index is 6.37. The summed E-state index contributed by atoms with van der Waals surface area (Å²) in [5.74, 6) is 0. The minimum atomic E-state index is 0.112. The van der Waals surface area contributed by atoms with Crippen LogP contribution < -0.4 is 5.01 Å². The van der Waals surface area contributed by atoms with Crippen LogP contribution in [0.25, 0.3) is 0 Å². The van der Waals surface area contributed by atoms with Gasteiger partial charge in [0.1, 0.15) is 0 Å². The normalized spacial score (nSPS) is 16.7. The van der Waals surface area contributed by atoms with E-state index in [9.17, 15) is 0 Å². The molecule has 1 heterocycles. The Morgan fingerprint density at radius 2 is 1.65 bits per heavy atom. The van der Waals surface area contributed by atoms with Gasteiger partial charge in [0.05, 0.1) is 17.4 Å². The Labute approximate surface area is 163 Å². The van der Waals surface area contributed by atoms with Crippen LogP contribution in [0.3, 0.4) is 0 Å². The molecule has 0 radical (unpaired) electrons. The summed E-state index contributed by atoms with van der Waals surface area (Å²) in [6.45, 7) is 2.01. The van der Waals surface area contributed by atoms with Gasteiger partial charge in [-0.3, -0.25) is 5.01 Å². The standard InChI is InChI=1S/C22H18Cl2N2/c1-15-7-12-19(13-20(15)24)26-22(17-8-10-18(23)11-9-17)14-21(25-26)16-5-3-2-4-6-16/h2-13,22H,14H2,1H3. The van der Waals surface area contributed by atoms with Gasteiger partial charge in [0.25, 0.3) is 0 Å². The van der Waals surface area contributed by atoms with Crippen molar-refractivity contribution < 1.29 is 0 Å². The summed E-state index contributed by atoms with van der Waals surface area (Å²) in [6.07, 6.45) is 0.830. The maximum atomic E-state index is 6.37. The molecule has 0 N–H and O–H groups in total. The smallest absolute Gasteiger partial charge is 0.0831 e. The highest BCUT2D eigenvalue weighted by molar-refractivity contribution is 6.31. The van der Waals surface area contributed by atoms with Crippen molar-refractivity contribution in [3.8, 4) is 0 Å². The second kappa shape index (κ2) is 7.14. The second-order valence-corrected chi connectivity index (χ2v) is 7.31. The van der Waals surface area contributed by atoms with Crippen LogP contribution in [0.5, 0.6) is 0 Å². The SMILES string of the molecule is Cc1ccc(N2N=C(c3ccccc3)CC2c2ccc(Cl)cc2)cc1Cl. The van der Waals surface area contributed by atoms with Crippen LogP contribution in [0.4, 0.5) is 5.69 Å². The predicted octanol–water partition coefficient (Wildman–Crippen LogP) is 6.66. The van der Waals surface area contributed by atoms with E-state index in [-0.39, 0.29) is 6.04 Å². The quantitative estimate of drug-likeness (QED) is 0.495. The van der Waals surface area contributed by atoms with Gasteiger partial charge in [-0.15, -0.1) is 0 Å². The van der Waals surface area contributed by atoms with E-state index >= 15 is 0 Å². The highest BCUT2D eigenvalue weighted by atomic mass is 35.5. The van der Waals surface area contributed by atoms with Crippen LogP contribution in [0, 0.1) is 6.92 Å². The van der Waals surface area contributed by atoms with E-state index in [0.29, 0.717) is 0 Å². The summed E-state index contributed by atoms with van der Waals surface area (Å²) in [7, 11) is 0. The molecular weight excluding hydrogens is 363 g/mol. The second-order valence-electron chi connectivity index (χ2n) is 6.46. The molecule has 3 aromatic carbocycles. The van der Waals surface area contributed by atoms with Gasteiger partial charge in [-0.25, -0.2) is 0 Å². The molecule has 0 bridgehead atoms. The molecule has 1 unspecified atom stereocenters. The lowest BCUT2D eigenvalue weighted by molar-refractivity contribution is 0.709. The van der Waals surface area contributed by atoms with Gasteiger partial charge in [0.15, 0.2) is 0 Å². The molecule has 0 aliphatic carbocycles. The lowest BCUT2D eigenvalue weighted by Crippen LogP contribution is -2.18. The Bertz CT molecular complexity index is 950. The highest BCUT2D eigenvalue weighted by Gasteiger charge is 2.30. The number of aryl methyl sites for hydroxylation is 1. The molecule has 1 aliphatic rings. The van der Waals surface area contributed by atoms with Crippen molar-refractivity contribution in [1.29, 1.82) is 0 Å². The summed E-state index contributed by atoms with van der Waals surface area (Å²) in [4.78, 5) is 0. The lowest BCUT2D eigenvalue weighted by atomic mass is 9.98. The summed E-state index contributed by atoms with van der Waals surface area (Å²) >= 11 is 12.4. The third kappa shape index (κ3) is 3.35. The number of halogens is 2. The molecule has 4 heteroatoms. The Morgan fingerprint density at radius 1 is 0.923 bits per heavy atom. The van der Waals surface area contributed by atoms with Crippen LogP contribution >= 0.6 is 23.2 Å². The number of benzene rings is 3. The van der Waals surface area contributed by atoms with Crippen molar-refractivity contribution in [2.24, 2.45) is 5.10 Å². The van der Waals surface area contributed by atoms with Crippen LogP contribution in [-0.4, -0.2) is 5.71 Å². The molecule has 0 spiro atoms. The van der Waals surface area contributed by atoms with E-state index < -0.39 is 0 Å². The van der Waals surface area contributed by atoms with Crippen molar-refractivity contribution in [1.82, 2.24) is 0 Å². The van der Waals surface area contributed by atoms with E-state index in [0.717, 1.165) is 39.0 Å². The van der Waals surface area contributed by atoms with Gasteiger partial charge in [-0.1, -0.05) is 71.7 Å². The average molecular weight is 381 g/mol. The molecule has 3 aromatic rings. The highest BCUT2D eigenvalue weighted by Crippen LogP contribution is 2.38. The van der Waals surface area contributed by atoms with E-state index in [1.807, 2.05) is 49.4 Å². The van der Waals surface area contributed by atoms with E-state index in [1.165, 1.54) is 5.56 Å². The Morgan fingerprint density at radius 3 is 2.35 bits per heavy atom. The largest absolute Gasteiger partial charge is 0.257 e. The minimum Gasteiger partial charge on any atom is -0.257 e. The molecule has 2 nitrogen and oxygen atoms in total. The maximum Gasteiger partial charge on any atom is 0.0831 e. The summed E-state index contributed by atoms with van der Waals surface area (Å²) < 4.78 is 0. The number of anilines is 1. The summed E-state index contributed by atoms with van der Waals surface area (Å²) in [6, 6.07) is 24.5. The topological polar surface area (TPSA) is 15.6 Å². The van der Waals surface area contributed by atoms with Gasteiger partial charge in [-0.2, -0.15) is 5.10 Å². The van der Waals surface area contributed by atoms with Crippen molar-refractivity contribution in [3.05, 3.63) is 99.5 Å². The number of nitrogens with zero attached hydrogens (tertiary/aromatic N) is 2. The van der Waals surface area contributed by atoms with Gasteiger partial charge < -0.3 is 0 Å². The van der Waals surface area contributed by atoms with Crippen molar-refractivity contribution in [2.75, 3.05) is 5.01 Å².